The molecule has 2 rings (SSSR count). The molecule has 78 valence electrons. The van der Waals surface area contributed by atoms with Crippen molar-refractivity contribution in [2.75, 3.05) is 0 Å². The molecule has 1 aromatic carbocycles. The van der Waals surface area contributed by atoms with Gasteiger partial charge in [0, 0.05) is 11.8 Å². The monoisotopic (exact) mass is 287 g/mol. The number of rotatable bonds is 2. The number of halogens is 2. The largest absolute Gasteiger partial charge is 0.391 e. The zero-order valence-corrected chi connectivity index (χ0v) is 9.98. The Morgan fingerprint density at radius 1 is 1.47 bits per heavy atom. The highest BCUT2D eigenvalue weighted by atomic mass is 79.9. The molecule has 2 aromatic rings. The molecular weight excluding hydrogens is 281 g/mol. The average Bonchev–Trinajstić information content (AvgIpc) is 2.70. The predicted octanol–water partition coefficient (Wildman–Crippen LogP) is 3.20. The Hall–Kier alpha value is -0.780. The molecule has 0 saturated heterocycles. The number of hydrogen-bond donors (Lipinski definition) is 1. The molecule has 0 unspecified atom stereocenters. The van der Waals surface area contributed by atoms with Crippen molar-refractivity contribution in [2.45, 2.75) is 6.61 Å². The van der Waals surface area contributed by atoms with E-state index in [0.29, 0.717) is 4.47 Å². The van der Waals surface area contributed by atoms with Gasteiger partial charge in [-0.1, -0.05) is 0 Å². The molecule has 0 radical (unpaired) electrons. The average molecular weight is 288 g/mol. The van der Waals surface area contributed by atoms with Crippen LogP contribution in [0.2, 0.25) is 0 Å². The van der Waals surface area contributed by atoms with E-state index in [1.165, 1.54) is 17.4 Å². The van der Waals surface area contributed by atoms with Gasteiger partial charge in [0.1, 0.15) is 10.8 Å². The van der Waals surface area contributed by atoms with Gasteiger partial charge in [-0.15, -0.1) is 11.3 Å². The maximum atomic E-state index is 13.0. The smallest absolute Gasteiger partial charge is 0.137 e. The molecule has 0 aliphatic rings. The van der Waals surface area contributed by atoms with Crippen LogP contribution in [0.15, 0.2) is 28.9 Å². The van der Waals surface area contributed by atoms with Crippen molar-refractivity contribution in [1.82, 2.24) is 4.98 Å². The second kappa shape index (κ2) is 4.38. The Bertz CT molecular complexity index is 486. The summed E-state index contributed by atoms with van der Waals surface area (Å²) in [5.74, 6) is -0.294. The zero-order chi connectivity index (χ0) is 10.8. The number of aromatic nitrogens is 1. The SMILES string of the molecule is OCc1cnc(-c2ccc(F)c(Br)c2)s1. The van der Waals surface area contributed by atoms with E-state index in [0.717, 1.165) is 15.4 Å². The first kappa shape index (κ1) is 10.7. The van der Waals surface area contributed by atoms with Gasteiger partial charge in [0.2, 0.25) is 0 Å². The van der Waals surface area contributed by atoms with E-state index in [-0.39, 0.29) is 12.4 Å². The maximum absolute atomic E-state index is 13.0. The van der Waals surface area contributed by atoms with Crippen molar-refractivity contribution in [2.24, 2.45) is 0 Å². The molecule has 0 bridgehead atoms. The Morgan fingerprint density at radius 3 is 2.87 bits per heavy atom. The number of aliphatic hydroxyl groups is 1. The van der Waals surface area contributed by atoms with Crippen molar-refractivity contribution in [1.29, 1.82) is 0 Å². The first-order valence-electron chi connectivity index (χ1n) is 4.21. The van der Waals surface area contributed by atoms with Crippen molar-refractivity contribution in [3.8, 4) is 10.6 Å². The number of nitrogens with zero attached hydrogens (tertiary/aromatic N) is 1. The van der Waals surface area contributed by atoms with E-state index in [9.17, 15) is 4.39 Å². The standard InChI is InChI=1S/C10H7BrFNOS/c11-8-3-6(1-2-9(8)12)10-13-4-7(5-14)15-10/h1-4,14H,5H2. The minimum Gasteiger partial charge on any atom is -0.391 e. The Labute approximate surface area is 98.5 Å². The topological polar surface area (TPSA) is 33.1 Å². The second-order valence-electron chi connectivity index (χ2n) is 2.92. The number of benzene rings is 1. The third-order valence-electron chi connectivity index (χ3n) is 1.88. The molecule has 0 atom stereocenters. The number of thiazole rings is 1. The summed E-state index contributed by atoms with van der Waals surface area (Å²) in [6, 6.07) is 4.73. The fourth-order valence-corrected chi connectivity index (χ4v) is 2.29. The summed E-state index contributed by atoms with van der Waals surface area (Å²) in [5, 5.41) is 9.68. The third kappa shape index (κ3) is 2.25. The molecule has 15 heavy (non-hydrogen) atoms. The molecule has 0 aliphatic carbocycles. The fraction of sp³-hybridized carbons (Fsp3) is 0.100. The lowest BCUT2D eigenvalue weighted by atomic mass is 10.2. The normalized spacial score (nSPS) is 10.6. The predicted molar refractivity (Wildman–Crippen MR) is 61.1 cm³/mol. The molecule has 0 amide bonds. The van der Waals surface area contributed by atoms with Crippen LogP contribution in [0.4, 0.5) is 4.39 Å². The van der Waals surface area contributed by atoms with Gasteiger partial charge >= 0.3 is 0 Å². The first-order chi connectivity index (χ1) is 7.20. The van der Waals surface area contributed by atoms with Gasteiger partial charge in [-0.2, -0.15) is 0 Å². The Morgan fingerprint density at radius 2 is 2.27 bits per heavy atom. The van der Waals surface area contributed by atoms with Gasteiger partial charge in [-0.25, -0.2) is 9.37 Å². The highest BCUT2D eigenvalue weighted by Crippen LogP contribution is 2.28. The number of hydrogen-bond acceptors (Lipinski definition) is 3. The van der Waals surface area contributed by atoms with Crippen molar-refractivity contribution in [3.63, 3.8) is 0 Å². The van der Waals surface area contributed by atoms with Crippen molar-refractivity contribution >= 4 is 27.3 Å². The molecule has 5 heteroatoms. The molecule has 1 aromatic heterocycles. The second-order valence-corrected chi connectivity index (χ2v) is 4.89. The summed E-state index contributed by atoms with van der Waals surface area (Å²) in [7, 11) is 0. The third-order valence-corrected chi connectivity index (χ3v) is 3.51. The summed E-state index contributed by atoms with van der Waals surface area (Å²) < 4.78 is 13.4. The van der Waals surface area contributed by atoms with E-state index in [4.69, 9.17) is 5.11 Å². The highest BCUT2D eigenvalue weighted by molar-refractivity contribution is 9.10. The van der Waals surface area contributed by atoms with Gasteiger partial charge in [0.15, 0.2) is 0 Å². The highest BCUT2D eigenvalue weighted by Gasteiger charge is 2.06. The van der Waals surface area contributed by atoms with E-state index in [2.05, 4.69) is 20.9 Å². The first-order valence-corrected chi connectivity index (χ1v) is 5.82. The van der Waals surface area contributed by atoms with E-state index in [1.807, 2.05) is 0 Å². The van der Waals surface area contributed by atoms with Crippen LogP contribution < -0.4 is 0 Å². The lowest BCUT2D eigenvalue weighted by molar-refractivity contribution is 0.285. The van der Waals surface area contributed by atoms with Crippen LogP contribution in [-0.4, -0.2) is 10.1 Å². The summed E-state index contributed by atoms with van der Waals surface area (Å²) in [6.07, 6.45) is 1.62. The van der Waals surface area contributed by atoms with Crippen LogP contribution in [0.1, 0.15) is 4.88 Å². The quantitative estimate of drug-likeness (QED) is 0.920. The minimum absolute atomic E-state index is 0.0139. The molecule has 1 heterocycles. The van der Waals surface area contributed by atoms with Gasteiger partial charge in [-0.05, 0) is 34.1 Å². The van der Waals surface area contributed by atoms with Crippen molar-refractivity contribution < 1.29 is 9.50 Å². The zero-order valence-electron chi connectivity index (χ0n) is 7.58. The molecule has 0 aliphatic heterocycles. The number of aliphatic hydroxyl groups excluding tert-OH is 1. The van der Waals surface area contributed by atoms with Gasteiger partial charge < -0.3 is 5.11 Å². The van der Waals surface area contributed by atoms with E-state index < -0.39 is 0 Å². The summed E-state index contributed by atoms with van der Waals surface area (Å²) in [5.41, 5.74) is 0.841. The van der Waals surface area contributed by atoms with Crippen LogP contribution in [0.25, 0.3) is 10.6 Å². The molecule has 1 N–H and O–H groups in total. The lowest BCUT2D eigenvalue weighted by Crippen LogP contribution is -1.79. The molecule has 0 spiro atoms. The van der Waals surface area contributed by atoms with E-state index in [1.54, 1.807) is 18.3 Å². The van der Waals surface area contributed by atoms with Crippen LogP contribution in [0.3, 0.4) is 0 Å². The van der Waals surface area contributed by atoms with Crippen LogP contribution in [0.5, 0.6) is 0 Å². The Balaban J connectivity index is 2.40. The maximum Gasteiger partial charge on any atom is 0.137 e. The van der Waals surface area contributed by atoms with Gasteiger partial charge in [0.25, 0.3) is 0 Å². The minimum atomic E-state index is -0.294. The fourth-order valence-electron chi connectivity index (χ4n) is 1.14. The summed E-state index contributed by atoms with van der Waals surface area (Å²) in [4.78, 5) is 4.94. The van der Waals surface area contributed by atoms with Crippen LogP contribution in [-0.2, 0) is 6.61 Å². The van der Waals surface area contributed by atoms with Crippen LogP contribution >= 0.6 is 27.3 Å². The van der Waals surface area contributed by atoms with Gasteiger partial charge in [-0.3, -0.25) is 0 Å². The molecular formula is C10H7BrFNOS. The molecule has 0 saturated carbocycles. The van der Waals surface area contributed by atoms with Gasteiger partial charge in [0.05, 0.1) is 16.0 Å². The van der Waals surface area contributed by atoms with Crippen LogP contribution in [0, 0.1) is 5.82 Å². The molecule has 2 nitrogen and oxygen atoms in total. The lowest BCUT2D eigenvalue weighted by Gasteiger charge is -1.98. The molecule has 0 fully saturated rings. The van der Waals surface area contributed by atoms with Crippen molar-refractivity contribution in [3.05, 3.63) is 39.6 Å². The Kier molecular flexibility index (Phi) is 3.14. The summed E-state index contributed by atoms with van der Waals surface area (Å²) >= 11 is 4.52. The van der Waals surface area contributed by atoms with E-state index >= 15 is 0 Å². The summed E-state index contributed by atoms with van der Waals surface area (Å²) in [6.45, 7) is -0.0139.